The van der Waals surface area contributed by atoms with Gasteiger partial charge < -0.3 is 35.7 Å². The molecular formula is C27H44O8. The van der Waals surface area contributed by atoms with Gasteiger partial charge in [0.25, 0.3) is 0 Å². The third kappa shape index (κ3) is 3.95. The Morgan fingerprint density at radius 1 is 1.03 bits per heavy atom. The molecular weight excluding hydrogens is 452 g/mol. The number of allylic oxidation sites excluding steroid dienone is 1. The highest BCUT2D eigenvalue weighted by Crippen LogP contribution is 2.68. The van der Waals surface area contributed by atoms with Gasteiger partial charge in [0, 0.05) is 23.7 Å². The smallest absolute Gasteiger partial charge is 0.159 e. The fourth-order valence-electron chi connectivity index (χ4n) is 8.44. The van der Waals surface area contributed by atoms with E-state index in [4.69, 9.17) is 0 Å². The summed E-state index contributed by atoms with van der Waals surface area (Å²) in [5.74, 6) is -1.70. The second-order valence-electron chi connectivity index (χ2n) is 13.3. The maximum atomic E-state index is 13.3. The number of rotatable bonds is 5. The Morgan fingerprint density at radius 2 is 1.66 bits per heavy atom. The minimum atomic E-state index is -1.74. The second kappa shape index (κ2) is 8.32. The molecule has 11 unspecified atom stereocenters. The zero-order chi connectivity index (χ0) is 26.4. The topological polar surface area (TPSA) is 159 Å². The zero-order valence-corrected chi connectivity index (χ0v) is 21.6. The van der Waals surface area contributed by atoms with E-state index < -0.39 is 63.9 Å². The Bertz CT molecular complexity index is 892. The Hall–Kier alpha value is -0.870. The lowest BCUT2D eigenvalue weighted by Crippen LogP contribution is -2.63. The van der Waals surface area contributed by atoms with Crippen LogP contribution in [0.1, 0.15) is 79.6 Å². The normalized spacial score (nSPS) is 48.3. The van der Waals surface area contributed by atoms with Crippen molar-refractivity contribution in [2.75, 3.05) is 0 Å². The Morgan fingerprint density at radius 3 is 2.26 bits per heavy atom. The van der Waals surface area contributed by atoms with Gasteiger partial charge in [-0.1, -0.05) is 13.8 Å². The van der Waals surface area contributed by atoms with E-state index >= 15 is 0 Å². The van der Waals surface area contributed by atoms with Gasteiger partial charge in [-0.2, -0.15) is 0 Å². The summed E-state index contributed by atoms with van der Waals surface area (Å²) in [5, 5.41) is 76.7. The van der Waals surface area contributed by atoms with Gasteiger partial charge in [0.1, 0.15) is 0 Å². The number of hydrogen-bond acceptors (Lipinski definition) is 8. The van der Waals surface area contributed by atoms with E-state index in [2.05, 4.69) is 0 Å². The molecule has 0 aromatic carbocycles. The standard InChI is InChI=1S/C27H44O8/c1-23(2,33)8-7-21(32)26(5,34)22-20(31)13-27(35)15-10-17(28)16-11-18(29)19(30)12-24(16,3)14(15)6-9-25(22,27)4/h10,14,16,18-22,29-35H,6-9,11-13H2,1-5H3. The van der Waals surface area contributed by atoms with E-state index in [1.807, 2.05) is 13.8 Å². The maximum Gasteiger partial charge on any atom is 0.159 e. The summed E-state index contributed by atoms with van der Waals surface area (Å²) in [6.45, 7) is 8.51. The first-order valence-electron chi connectivity index (χ1n) is 13.0. The van der Waals surface area contributed by atoms with Crippen LogP contribution in [0.2, 0.25) is 0 Å². The second-order valence-corrected chi connectivity index (χ2v) is 13.3. The van der Waals surface area contributed by atoms with Crippen molar-refractivity contribution in [3.05, 3.63) is 11.6 Å². The Labute approximate surface area is 207 Å². The van der Waals surface area contributed by atoms with Crippen LogP contribution in [0, 0.1) is 28.6 Å². The van der Waals surface area contributed by atoms with Crippen molar-refractivity contribution in [3.8, 4) is 0 Å². The average molecular weight is 497 g/mol. The molecule has 8 heteroatoms. The van der Waals surface area contributed by atoms with E-state index in [-0.39, 0.29) is 43.8 Å². The van der Waals surface area contributed by atoms with Gasteiger partial charge in [0.05, 0.1) is 41.2 Å². The SMILES string of the molecule is CC(C)(O)CCC(O)C(C)(O)C1C(O)CC2(O)C3=CC(=O)C4CC(O)C(O)CC4(C)C3CCC12C. The summed E-state index contributed by atoms with van der Waals surface area (Å²) in [4.78, 5) is 13.3. The first-order chi connectivity index (χ1) is 15.9. The molecule has 0 heterocycles. The third-order valence-electron chi connectivity index (χ3n) is 10.5. The minimum absolute atomic E-state index is 0.0654. The van der Waals surface area contributed by atoms with Crippen LogP contribution in [0.5, 0.6) is 0 Å². The van der Waals surface area contributed by atoms with Gasteiger partial charge >= 0.3 is 0 Å². The molecule has 0 radical (unpaired) electrons. The molecule has 0 aromatic heterocycles. The molecule has 0 bridgehead atoms. The first kappa shape index (κ1) is 27.2. The number of hydrogen-bond donors (Lipinski definition) is 7. The van der Waals surface area contributed by atoms with E-state index in [9.17, 15) is 40.5 Å². The molecule has 0 amide bonds. The van der Waals surface area contributed by atoms with Gasteiger partial charge in [-0.05, 0) is 82.3 Å². The molecule has 3 saturated carbocycles. The lowest BCUT2D eigenvalue weighted by Gasteiger charge is -2.60. The number of aliphatic hydroxyl groups excluding tert-OH is 4. The molecule has 35 heavy (non-hydrogen) atoms. The van der Waals surface area contributed by atoms with Crippen LogP contribution in [0.3, 0.4) is 0 Å². The molecule has 8 nitrogen and oxygen atoms in total. The Balaban J connectivity index is 1.71. The van der Waals surface area contributed by atoms with Crippen LogP contribution in [0.25, 0.3) is 0 Å². The third-order valence-corrected chi connectivity index (χ3v) is 10.5. The van der Waals surface area contributed by atoms with Gasteiger partial charge in [0.15, 0.2) is 5.78 Å². The minimum Gasteiger partial charge on any atom is -0.393 e. The maximum absolute atomic E-state index is 13.3. The highest BCUT2D eigenvalue weighted by molar-refractivity contribution is 5.95. The molecule has 200 valence electrons. The van der Waals surface area contributed by atoms with Crippen molar-refractivity contribution in [3.63, 3.8) is 0 Å². The molecule has 11 atom stereocenters. The predicted octanol–water partition coefficient (Wildman–Crippen LogP) is 0.825. The van der Waals surface area contributed by atoms with Crippen LogP contribution in [-0.2, 0) is 4.79 Å². The lowest BCUT2D eigenvalue weighted by molar-refractivity contribution is -0.185. The van der Waals surface area contributed by atoms with E-state index in [0.29, 0.717) is 18.4 Å². The fourth-order valence-corrected chi connectivity index (χ4v) is 8.44. The number of carbonyl (C=O) groups excluding carboxylic acids is 1. The Kier molecular flexibility index (Phi) is 6.46. The summed E-state index contributed by atoms with van der Waals surface area (Å²) in [6.07, 6.45) is -0.969. The van der Waals surface area contributed by atoms with Gasteiger partial charge in [-0.3, -0.25) is 4.79 Å². The molecule has 0 spiro atoms. The van der Waals surface area contributed by atoms with Crippen LogP contribution in [-0.4, -0.2) is 82.7 Å². The highest BCUT2D eigenvalue weighted by atomic mass is 16.3. The van der Waals surface area contributed by atoms with Crippen LogP contribution in [0.4, 0.5) is 0 Å². The number of carbonyl (C=O) groups is 1. The molecule has 4 aliphatic rings. The van der Waals surface area contributed by atoms with E-state index in [1.54, 1.807) is 13.8 Å². The molecule has 7 N–H and O–H groups in total. The van der Waals surface area contributed by atoms with E-state index in [0.717, 1.165) is 0 Å². The summed E-state index contributed by atoms with van der Waals surface area (Å²) in [7, 11) is 0. The average Bonchev–Trinajstić information content (AvgIpc) is 2.93. The number of aliphatic hydroxyl groups is 7. The molecule has 4 aliphatic carbocycles. The van der Waals surface area contributed by atoms with Crippen molar-refractivity contribution >= 4 is 5.78 Å². The van der Waals surface area contributed by atoms with Crippen molar-refractivity contribution in [2.45, 2.75) is 121 Å². The quantitative estimate of drug-likeness (QED) is 0.295. The van der Waals surface area contributed by atoms with Crippen molar-refractivity contribution < 1.29 is 40.5 Å². The first-order valence-corrected chi connectivity index (χ1v) is 13.0. The molecule has 3 fully saturated rings. The molecule has 4 rings (SSSR count). The zero-order valence-electron chi connectivity index (χ0n) is 21.6. The number of fused-ring (bicyclic) bond motifs is 5. The van der Waals surface area contributed by atoms with Crippen LogP contribution in [0.15, 0.2) is 11.6 Å². The van der Waals surface area contributed by atoms with Crippen LogP contribution >= 0.6 is 0 Å². The molecule has 0 aliphatic heterocycles. The lowest BCUT2D eigenvalue weighted by atomic mass is 9.45. The van der Waals surface area contributed by atoms with Gasteiger partial charge in [0.2, 0.25) is 0 Å². The summed E-state index contributed by atoms with van der Waals surface area (Å²) in [6, 6.07) is 0. The van der Waals surface area contributed by atoms with E-state index in [1.165, 1.54) is 13.0 Å². The summed E-state index contributed by atoms with van der Waals surface area (Å²) >= 11 is 0. The van der Waals surface area contributed by atoms with Gasteiger partial charge in [-0.25, -0.2) is 0 Å². The molecule has 0 aromatic rings. The predicted molar refractivity (Wildman–Crippen MR) is 128 cm³/mol. The summed E-state index contributed by atoms with van der Waals surface area (Å²) < 4.78 is 0. The van der Waals surface area contributed by atoms with Crippen molar-refractivity contribution in [2.24, 2.45) is 28.6 Å². The van der Waals surface area contributed by atoms with Crippen molar-refractivity contribution in [1.29, 1.82) is 0 Å². The largest absolute Gasteiger partial charge is 0.393 e. The van der Waals surface area contributed by atoms with Crippen molar-refractivity contribution in [1.82, 2.24) is 0 Å². The molecule has 0 saturated heterocycles. The monoisotopic (exact) mass is 496 g/mol. The fraction of sp³-hybridized carbons (Fsp3) is 0.889. The number of ketones is 1. The van der Waals surface area contributed by atoms with Gasteiger partial charge in [-0.15, -0.1) is 0 Å². The highest BCUT2D eigenvalue weighted by Gasteiger charge is 2.71. The summed E-state index contributed by atoms with van der Waals surface area (Å²) in [5.41, 5.74) is -5.43. The van der Waals surface area contributed by atoms with Crippen LogP contribution < -0.4 is 0 Å².